The van der Waals surface area contributed by atoms with Crippen molar-refractivity contribution < 1.29 is 19.6 Å². The maximum absolute atomic E-state index is 11.3. The zero-order valence-corrected chi connectivity index (χ0v) is 34.2. The van der Waals surface area contributed by atoms with Crippen molar-refractivity contribution in [3.8, 4) is 11.1 Å². The molecule has 6 aromatic rings. The van der Waals surface area contributed by atoms with Crippen molar-refractivity contribution in [1.29, 1.82) is 0 Å². The third-order valence-electron chi connectivity index (χ3n) is 9.14. The van der Waals surface area contributed by atoms with Gasteiger partial charge in [0.1, 0.15) is 0 Å². The summed E-state index contributed by atoms with van der Waals surface area (Å²) in [5.74, 6) is 0.191. The van der Waals surface area contributed by atoms with E-state index in [-0.39, 0.29) is 11.6 Å². The minimum atomic E-state index is -1.35. The number of ketones is 2. The van der Waals surface area contributed by atoms with Crippen LogP contribution in [0.3, 0.4) is 0 Å². The summed E-state index contributed by atoms with van der Waals surface area (Å²) in [7, 11) is -1.35. The van der Waals surface area contributed by atoms with Crippen LogP contribution in [0, 0.1) is 0 Å². The molecule has 56 heavy (non-hydrogen) atoms. The third-order valence-corrected chi connectivity index (χ3v) is 9.67. The van der Waals surface area contributed by atoms with E-state index in [0.717, 1.165) is 50.7 Å². The molecule has 0 radical (unpaired) electrons. The summed E-state index contributed by atoms with van der Waals surface area (Å²) >= 11 is 3.41. The van der Waals surface area contributed by atoms with Crippen molar-refractivity contribution >= 4 is 64.4 Å². The lowest BCUT2D eigenvalue weighted by molar-refractivity contribution is 0.100. The summed E-state index contributed by atoms with van der Waals surface area (Å²) in [5, 5.41) is 17.7. The second-order valence-electron chi connectivity index (χ2n) is 13.5. The van der Waals surface area contributed by atoms with Crippen LogP contribution in [0.2, 0.25) is 0 Å². The molecule has 0 bridgehead atoms. The molecule has 4 nitrogen and oxygen atoms in total. The molecule has 0 saturated carbocycles. The average molecular weight is 806 g/mol. The molecule has 0 saturated heterocycles. The Morgan fingerprint density at radius 1 is 0.518 bits per heavy atom. The minimum absolute atomic E-state index is 0.0955. The van der Waals surface area contributed by atoms with Gasteiger partial charge in [-0.1, -0.05) is 194 Å². The van der Waals surface area contributed by atoms with Crippen LogP contribution in [0.25, 0.3) is 35.4 Å². The summed E-state index contributed by atoms with van der Waals surface area (Å²) in [5.41, 5.74) is 11.6. The van der Waals surface area contributed by atoms with E-state index in [9.17, 15) is 9.59 Å². The predicted octanol–water partition coefficient (Wildman–Crippen LogP) is 11.8. The number of hydrogen-bond donors (Lipinski definition) is 2. The molecule has 0 aromatic heterocycles. The van der Waals surface area contributed by atoms with Crippen molar-refractivity contribution in [2.45, 2.75) is 53.4 Å². The third kappa shape index (κ3) is 14.7. The molecule has 0 spiro atoms. The van der Waals surface area contributed by atoms with Crippen LogP contribution in [0.15, 0.2) is 150 Å². The van der Waals surface area contributed by atoms with Gasteiger partial charge in [-0.05, 0) is 95.2 Å². The molecule has 284 valence electrons. The monoisotopic (exact) mass is 804 g/mol. The molecule has 6 heteroatoms. The van der Waals surface area contributed by atoms with E-state index in [0.29, 0.717) is 5.46 Å². The molecule has 0 atom stereocenters. The lowest BCUT2D eigenvalue weighted by Crippen LogP contribution is -2.29. The lowest BCUT2D eigenvalue weighted by atomic mass is 9.80. The van der Waals surface area contributed by atoms with Crippen molar-refractivity contribution in [2.24, 2.45) is 0 Å². The van der Waals surface area contributed by atoms with E-state index in [1.165, 1.54) is 35.1 Å². The highest BCUT2D eigenvalue weighted by Crippen LogP contribution is 2.22. The van der Waals surface area contributed by atoms with Crippen molar-refractivity contribution in [3.05, 3.63) is 195 Å². The van der Waals surface area contributed by atoms with E-state index in [1.54, 1.807) is 26.0 Å². The van der Waals surface area contributed by atoms with E-state index in [2.05, 4.69) is 96.5 Å². The van der Waals surface area contributed by atoms with Crippen LogP contribution in [-0.4, -0.2) is 28.7 Å². The number of carbonyl (C=O) groups excluding carboxylic acids is 2. The van der Waals surface area contributed by atoms with E-state index in [1.807, 2.05) is 91.0 Å². The number of benzene rings is 6. The second-order valence-corrected chi connectivity index (χ2v) is 14.4. The first-order valence-corrected chi connectivity index (χ1v) is 19.8. The van der Waals surface area contributed by atoms with Crippen LogP contribution < -0.4 is 5.46 Å². The van der Waals surface area contributed by atoms with Gasteiger partial charge in [0.05, 0.1) is 0 Å². The lowest BCUT2D eigenvalue weighted by Gasteiger charge is -2.04. The molecule has 6 rings (SSSR count). The molecule has 0 aliphatic carbocycles. The first-order valence-electron chi connectivity index (χ1n) is 19.0. The maximum atomic E-state index is 11.3. The van der Waals surface area contributed by atoms with Gasteiger partial charge in [0.2, 0.25) is 0 Å². The first-order chi connectivity index (χ1) is 27.0. The average Bonchev–Trinajstić information content (AvgIpc) is 3.23. The number of rotatable bonds is 12. The number of unbranched alkanes of at least 4 members (excludes halogenated alkanes) is 1. The van der Waals surface area contributed by atoms with Gasteiger partial charge in [-0.3, -0.25) is 9.59 Å². The van der Waals surface area contributed by atoms with Crippen LogP contribution >= 0.6 is 15.9 Å². The van der Waals surface area contributed by atoms with Crippen LogP contribution in [0.1, 0.15) is 94.6 Å². The summed E-state index contributed by atoms with van der Waals surface area (Å²) in [6, 6.07) is 48.1. The molecule has 0 unspecified atom stereocenters. The largest absolute Gasteiger partial charge is 0.488 e. The van der Waals surface area contributed by atoms with Crippen LogP contribution in [0.4, 0.5) is 0 Å². The predicted molar refractivity (Wildman–Crippen MR) is 241 cm³/mol. The van der Waals surface area contributed by atoms with Gasteiger partial charge in [0.15, 0.2) is 11.6 Å². The van der Waals surface area contributed by atoms with Gasteiger partial charge in [-0.25, -0.2) is 0 Å². The molecule has 0 aliphatic heterocycles. The Hall–Kier alpha value is -5.40. The fourth-order valence-corrected chi connectivity index (χ4v) is 5.84. The van der Waals surface area contributed by atoms with Crippen LogP contribution in [0.5, 0.6) is 0 Å². The molecule has 0 aliphatic rings. The molecule has 6 aromatic carbocycles. The standard InChI is InChI=1S/C24H22O.C16H13BrO.C10H15BO2/c1-3-19-6-14-23(15-7-19)24-16-10-21(11-17-24)5-4-20-8-12-22(13-9-20)18(2)25;1-12(18)15-8-4-13(5-9-15)2-3-14-6-10-16(17)11-7-14;1-2-3-4-9-5-7-10(8-6-9)11(12)13/h4-17H,3H2,1-2H3;2-11H,1H3;5-8,12-13H,2-4H2,1H3/b5-4+;3-2+;. The Balaban J connectivity index is 0.000000197. The quantitative estimate of drug-likeness (QED) is 0.0734. The number of aryl methyl sites for hydroxylation is 2. The van der Waals surface area contributed by atoms with Crippen LogP contribution in [-0.2, 0) is 12.8 Å². The van der Waals surface area contributed by atoms with Gasteiger partial charge in [-0.15, -0.1) is 0 Å². The molecular weight excluding hydrogens is 755 g/mol. The van der Waals surface area contributed by atoms with Gasteiger partial charge >= 0.3 is 7.12 Å². The van der Waals surface area contributed by atoms with Gasteiger partial charge < -0.3 is 10.0 Å². The Kier molecular flexibility index (Phi) is 17.7. The fourth-order valence-electron chi connectivity index (χ4n) is 5.57. The van der Waals surface area contributed by atoms with E-state index in [4.69, 9.17) is 10.0 Å². The zero-order chi connectivity index (χ0) is 40.3. The van der Waals surface area contributed by atoms with Crippen molar-refractivity contribution in [2.75, 3.05) is 0 Å². The number of carbonyl (C=O) groups is 2. The van der Waals surface area contributed by atoms with E-state index >= 15 is 0 Å². The Labute approximate surface area is 341 Å². The molecule has 0 heterocycles. The minimum Gasteiger partial charge on any atom is -0.423 e. The number of halogens is 1. The molecule has 0 amide bonds. The Bertz CT molecular complexity index is 2150. The second kappa shape index (κ2) is 22.9. The Morgan fingerprint density at radius 2 is 0.875 bits per heavy atom. The fraction of sp³-hybridized carbons (Fsp3) is 0.160. The maximum Gasteiger partial charge on any atom is 0.488 e. The van der Waals surface area contributed by atoms with Gasteiger partial charge in [0, 0.05) is 15.6 Å². The summed E-state index contributed by atoms with van der Waals surface area (Å²) in [6.45, 7) is 7.49. The number of hydrogen-bond acceptors (Lipinski definition) is 4. The molecule has 2 N–H and O–H groups in total. The normalized spacial score (nSPS) is 10.7. The summed E-state index contributed by atoms with van der Waals surface area (Å²) in [4.78, 5) is 22.4. The van der Waals surface area contributed by atoms with Crippen molar-refractivity contribution in [1.82, 2.24) is 0 Å². The highest BCUT2D eigenvalue weighted by molar-refractivity contribution is 9.10. The smallest absolute Gasteiger partial charge is 0.423 e. The van der Waals surface area contributed by atoms with Gasteiger partial charge in [-0.2, -0.15) is 0 Å². The first kappa shape index (κ1) is 43.3. The summed E-state index contributed by atoms with van der Waals surface area (Å²) < 4.78 is 1.07. The highest BCUT2D eigenvalue weighted by atomic mass is 79.9. The number of Topliss-reactive ketones (excluding diaryl/α,β-unsaturated/α-hetero) is 2. The molecule has 0 fully saturated rings. The van der Waals surface area contributed by atoms with E-state index < -0.39 is 7.12 Å². The summed E-state index contributed by atoms with van der Waals surface area (Å²) in [6.07, 6.45) is 12.7. The zero-order valence-electron chi connectivity index (χ0n) is 32.7. The van der Waals surface area contributed by atoms with Gasteiger partial charge in [0.25, 0.3) is 0 Å². The SMILES string of the molecule is CC(=O)c1ccc(/C=C/c2ccc(Br)cc2)cc1.CCCCc1ccc(B(O)O)cc1.CCc1ccc(-c2ccc(/C=C/c3ccc(C(C)=O)cc3)cc2)cc1. The van der Waals surface area contributed by atoms with Crippen molar-refractivity contribution in [3.63, 3.8) is 0 Å². The highest BCUT2D eigenvalue weighted by Gasteiger charge is 2.09. The Morgan fingerprint density at radius 3 is 1.23 bits per heavy atom. The topological polar surface area (TPSA) is 74.6 Å². The molecular formula is C50H50BBrO4.